The van der Waals surface area contributed by atoms with Gasteiger partial charge >= 0.3 is 0 Å². The zero-order valence-corrected chi connectivity index (χ0v) is 11.6. The van der Waals surface area contributed by atoms with E-state index < -0.39 is 0 Å². The molecule has 104 valence electrons. The van der Waals surface area contributed by atoms with E-state index in [1.54, 1.807) is 0 Å². The van der Waals surface area contributed by atoms with Crippen LogP contribution in [0.3, 0.4) is 0 Å². The highest BCUT2D eigenvalue weighted by atomic mass is 16.3. The van der Waals surface area contributed by atoms with E-state index in [1.165, 1.54) is 71.4 Å². The molecule has 3 heteroatoms. The summed E-state index contributed by atoms with van der Waals surface area (Å²) in [6, 6.07) is 0. The van der Waals surface area contributed by atoms with E-state index in [9.17, 15) is 5.11 Å². The van der Waals surface area contributed by atoms with Gasteiger partial charge in [0.15, 0.2) is 0 Å². The first-order chi connectivity index (χ1) is 8.81. The Labute approximate surface area is 111 Å². The van der Waals surface area contributed by atoms with Gasteiger partial charge in [-0.05, 0) is 50.5 Å². The van der Waals surface area contributed by atoms with Crippen molar-refractivity contribution in [1.82, 2.24) is 9.80 Å². The Hall–Kier alpha value is -0.120. The first-order valence-electron chi connectivity index (χ1n) is 7.94. The number of aliphatic hydroxyl groups excluding tert-OH is 1. The molecule has 3 aliphatic rings. The average Bonchev–Trinajstić information content (AvgIpc) is 3.10. The van der Waals surface area contributed by atoms with Crippen molar-refractivity contribution < 1.29 is 5.11 Å². The second-order valence-electron chi connectivity index (χ2n) is 6.63. The van der Waals surface area contributed by atoms with Crippen molar-refractivity contribution >= 4 is 0 Å². The molecule has 2 atom stereocenters. The highest BCUT2D eigenvalue weighted by Gasteiger charge is 2.28. The van der Waals surface area contributed by atoms with E-state index >= 15 is 0 Å². The Morgan fingerprint density at radius 3 is 2.22 bits per heavy atom. The molecule has 1 heterocycles. The molecule has 0 aromatic carbocycles. The molecule has 2 saturated carbocycles. The standard InChI is InChI=1S/C15H28N2O/c18-15-3-1-2-14(15)6-7-16-8-10-17(11-9-16)12-13-4-5-13/h13-15,18H,1-12H2. The summed E-state index contributed by atoms with van der Waals surface area (Å²) in [4.78, 5) is 5.26. The Bertz CT molecular complexity index is 259. The van der Waals surface area contributed by atoms with Crippen molar-refractivity contribution in [3.63, 3.8) is 0 Å². The summed E-state index contributed by atoms with van der Waals surface area (Å²) in [5.74, 6) is 1.62. The molecule has 3 nitrogen and oxygen atoms in total. The summed E-state index contributed by atoms with van der Waals surface area (Å²) in [5, 5.41) is 9.84. The molecular formula is C15H28N2O. The molecular weight excluding hydrogens is 224 g/mol. The highest BCUT2D eigenvalue weighted by Crippen LogP contribution is 2.30. The van der Waals surface area contributed by atoms with Crippen molar-refractivity contribution in [3.8, 4) is 0 Å². The van der Waals surface area contributed by atoms with Gasteiger partial charge in [0.05, 0.1) is 6.10 Å². The zero-order valence-electron chi connectivity index (χ0n) is 11.6. The molecule has 3 fully saturated rings. The van der Waals surface area contributed by atoms with Crippen molar-refractivity contribution in [2.45, 2.75) is 44.6 Å². The van der Waals surface area contributed by atoms with Gasteiger partial charge in [-0.25, -0.2) is 0 Å². The van der Waals surface area contributed by atoms with Gasteiger partial charge in [0.25, 0.3) is 0 Å². The molecule has 0 aromatic heterocycles. The molecule has 0 amide bonds. The third kappa shape index (κ3) is 3.46. The lowest BCUT2D eigenvalue weighted by molar-refractivity contribution is 0.0965. The normalized spacial score (nSPS) is 35.2. The van der Waals surface area contributed by atoms with Gasteiger partial charge in [-0.1, -0.05) is 6.42 Å². The van der Waals surface area contributed by atoms with Crippen LogP contribution in [0.5, 0.6) is 0 Å². The Balaban J connectivity index is 1.32. The summed E-state index contributed by atoms with van der Waals surface area (Å²) >= 11 is 0. The molecule has 1 aliphatic heterocycles. The lowest BCUT2D eigenvalue weighted by Crippen LogP contribution is -2.47. The first-order valence-corrected chi connectivity index (χ1v) is 7.94. The number of piperazine rings is 1. The van der Waals surface area contributed by atoms with Gasteiger partial charge in [0.2, 0.25) is 0 Å². The Morgan fingerprint density at radius 1 is 0.889 bits per heavy atom. The van der Waals surface area contributed by atoms with Crippen LogP contribution in [0.25, 0.3) is 0 Å². The van der Waals surface area contributed by atoms with E-state index in [0.717, 1.165) is 12.3 Å². The molecule has 18 heavy (non-hydrogen) atoms. The molecule has 0 aromatic rings. The lowest BCUT2D eigenvalue weighted by Gasteiger charge is -2.35. The van der Waals surface area contributed by atoms with E-state index in [1.807, 2.05) is 0 Å². The largest absolute Gasteiger partial charge is 0.393 e. The van der Waals surface area contributed by atoms with Crippen LogP contribution in [0.15, 0.2) is 0 Å². The third-order valence-electron chi connectivity index (χ3n) is 5.11. The fourth-order valence-corrected chi connectivity index (χ4v) is 3.56. The summed E-state index contributed by atoms with van der Waals surface area (Å²) < 4.78 is 0. The SMILES string of the molecule is OC1CCCC1CCN1CCN(CC2CC2)CC1. The van der Waals surface area contributed by atoms with Crippen LogP contribution in [0.1, 0.15) is 38.5 Å². The van der Waals surface area contributed by atoms with Crippen molar-refractivity contribution in [2.24, 2.45) is 11.8 Å². The lowest BCUT2D eigenvalue weighted by atomic mass is 10.0. The molecule has 1 saturated heterocycles. The molecule has 0 spiro atoms. The van der Waals surface area contributed by atoms with Crippen molar-refractivity contribution in [2.75, 3.05) is 39.3 Å². The van der Waals surface area contributed by atoms with Gasteiger partial charge in [0.1, 0.15) is 0 Å². The summed E-state index contributed by atoms with van der Waals surface area (Å²) in [7, 11) is 0. The predicted molar refractivity (Wildman–Crippen MR) is 73.6 cm³/mol. The number of hydrogen-bond donors (Lipinski definition) is 1. The molecule has 3 rings (SSSR count). The molecule has 1 N–H and O–H groups in total. The number of nitrogens with zero attached hydrogens (tertiary/aromatic N) is 2. The Kier molecular flexibility index (Phi) is 4.22. The van der Waals surface area contributed by atoms with Gasteiger partial charge in [-0.3, -0.25) is 0 Å². The summed E-state index contributed by atoms with van der Waals surface area (Å²) in [6.45, 7) is 7.59. The van der Waals surface area contributed by atoms with Gasteiger partial charge in [0, 0.05) is 32.7 Å². The molecule has 0 bridgehead atoms. The minimum atomic E-state index is 0.00107. The zero-order chi connectivity index (χ0) is 12.4. The summed E-state index contributed by atoms with van der Waals surface area (Å²) in [6.07, 6.45) is 7.69. The van der Waals surface area contributed by atoms with E-state index in [4.69, 9.17) is 0 Å². The minimum absolute atomic E-state index is 0.00107. The number of aliphatic hydroxyl groups is 1. The maximum absolute atomic E-state index is 9.84. The summed E-state index contributed by atoms with van der Waals surface area (Å²) in [5.41, 5.74) is 0. The van der Waals surface area contributed by atoms with Crippen LogP contribution >= 0.6 is 0 Å². The first kappa shape index (κ1) is 12.9. The van der Waals surface area contributed by atoms with Crippen LogP contribution in [-0.4, -0.2) is 60.3 Å². The molecule has 2 aliphatic carbocycles. The van der Waals surface area contributed by atoms with Crippen LogP contribution < -0.4 is 0 Å². The van der Waals surface area contributed by atoms with Crippen LogP contribution in [0.4, 0.5) is 0 Å². The highest BCUT2D eigenvalue weighted by molar-refractivity contribution is 4.82. The van der Waals surface area contributed by atoms with Gasteiger partial charge in [-0.15, -0.1) is 0 Å². The maximum atomic E-state index is 9.84. The quantitative estimate of drug-likeness (QED) is 0.804. The van der Waals surface area contributed by atoms with Crippen molar-refractivity contribution in [1.29, 1.82) is 0 Å². The fraction of sp³-hybridized carbons (Fsp3) is 1.00. The average molecular weight is 252 g/mol. The van der Waals surface area contributed by atoms with Crippen LogP contribution in [0, 0.1) is 11.8 Å². The second-order valence-corrected chi connectivity index (χ2v) is 6.63. The number of hydrogen-bond acceptors (Lipinski definition) is 3. The molecule has 2 unspecified atom stereocenters. The van der Waals surface area contributed by atoms with Crippen molar-refractivity contribution in [3.05, 3.63) is 0 Å². The fourth-order valence-electron chi connectivity index (χ4n) is 3.56. The predicted octanol–water partition coefficient (Wildman–Crippen LogP) is 1.57. The van der Waals surface area contributed by atoms with E-state index in [2.05, 4.69) is 9.80 Å². The monoisotopic (exact) mass is 252 g/mol. The molecule has 0 radical (unpaired) electrons. The van der Waals surface area contributed by atoms with E-state index in [-0.39, 0.29) is 6.10 Å². The van der Waals surface area contributed by atoms with Gasteiger partial charge < -0.3 is 14.9 Å². The van der Waals surface area contributed by atoms with Crippen LogP contribution in [-0.2, 0) is 0 Å². The minimum Gasteiger partial charge on any atom is -0.393 e. The van der Waals surface area contributed by atoms with E-state index in [0.29, 0.717) is 5.92 Å². The van der Waals surface area contributed by atoms with Gasteiger partial charge in [-0.2, -0.15) is 0 Å². The maximum Gasteiger partial charge on any atom is 0.0568 e. The smallest absolute Gasteiger partial charge is 0.0568 e. The number of rotatable bonds is 5. The van der Waals surface area contributed by atoms with Crippen LogP contribution in [0.2, 0.25) is 0 Å². The Morgan fingerprint density at radius 2 is 1.61 bits per heavy atom. The second kappa shape index (κ2) is 5.89. The third-order valence-corrected chi connectivity index (χ3v) is 5.11. The topological polar surface area (TPSA) is 26.7 Å².